The summed E-state index contributed by atoms with van der Waals surface area (Å²) in [5.41, 5.74) is 11.1. The molecule has 0 radical (unpaired) electrons. The lowest BCUT2D eigenvalue weighted by molar-refractivity contribution is 0.859. The second-order valence-electron chi connectivity index (χ2n) is 12.6. The number of fused-ring (bicyclic) bond motifs is 4. The summed E-state index contributed by atoms with van der Waals surface area (Å²) in [5, 5.41) is 5.02. The molecule has 0 saturated heterocycles. The number of hydrogen-bond acceptors (Lipinski definition) is 2. The zero-order valence-electron chi connectivity index (χ0n) is 26.6. The van der Waals surface area contributed by atoms with Gasteiger partial charge in [-0.2, -0.15) is 0 Å². The number of para-hydroxylation sites is 2. The molecule has 0 aromatic heterocycles. The van der Waals surface area contributed by atoms with Crippen LogP contribution in [0.15, 0.2) is 188 Å². The van der Waals surface area contributed by atoms with E-state index < -0.39 is 0 Å². The van der Waals surface area contributed by atoms with Gasteiger partial charge in [-0.15, -0.1) is 0 Å². The fourth-order valence-electron chi connectivity index (χ4n) is 7.43. The Morgan fingerprint density at radius 3 is 1.75 bits per heavy atom. The van der Waals surface area contributed by atoms with Crippen LogP contribution in [0, 0.1) is 0 Å². The highest BCUT2D eigenvalue weighted by atomic mass is 15.2. The standard InChI is InChI=1S/C46H34N2/c1-4-12-33(13-5-1)34-22-24-39(25-23-34)48(38-16-8-3-9-17-38)41-27-29-43-37(31-41)21-20-36-30-40(26-28-42(36)43)47-32-45(35-14-6-2-7-15-35)44-18-10-11-19-46(44)47/h1-31,45H,32H2. The van der Waals surface area contributed by atoms with Crippen LogP contribution in [0.25, 0.3) is 32.7 Å². The molecule has 2 heteroatoms. The summed E-state index contributed by atoms with van der Waals surface area (Å²) in [5.74, 6) is 0.357. The zero-order valence-corrected chi connectivity index (χ0v) is 26.6. The SMILES string of the molecule is c1ccc(-c2ccc(N(c3ccccc3)c3ccc4c(ccc5cc(N6CC(c7ccccc7)c7ccccc76)ccc54)c3)cc2)cc1. The molecule has 0 N–H and O–H groups in total. The highest BCUT2D eigenvalue weighted by molar-refractivity contribution is 6.09. The molecule has 0 spiro atoms. The molecule has 1 aliphatic heterocycles. The predicted octanol–water partition coefficient (Wildman–Crippen LogP) is 12.4. The molecule has 1 unspecified atom stereocenters. The van der Waals surface area contributed by atoms with E-state index in [1.54, 1.807) is 0 Å². The molecule has 1 aliphatic rings. The predicted molar refractivity (Wildman–Crippen MR) is 203 cm³/mol. The highest BCUT2D eigenvalue weighted by Gasteiger charge is 2.30. The summed E-state index contributed by atoms with van der Waals surface area (Å²) in [7, 11) is 0. The van der Waals surface area contributed by atoms with Gasteiger partial charge < -0.3 is 9.80 Å². The summed E-state index contributed by atoms with van der Waals surface area (Å²) in [6.07, 6.45) is 0. The molecule has 8 aromatic carbocycles. The quantitative estimate of drug-likeness (QED) is 0.172. The molecule has 48 heavy (non-hydrogen) atoms. The van der Waals surface area contributed by atoms with Crippen LogP contribution in [-0.2, 0) is 0 Å². The second-order valence-corrected chi connectivity index (χ2v) is 12.6. The summed E-state index contributed by atoms with van der Waals surface area (Å²) in [4.78, 5) is 4.83. The normalized spacial score (nSPS) is 13.9. The first-order valence-electron chi connectivity index (χ1n) is 16.7. The lowest BCUT2D eigenvalue weighted by Gasteiger charge is -2.26. The average Bonchev–Trinajstić information content (AvgIpc) is 3.56. The summed E-state index contributed by atoms with van der Waals surface area (Å²) >= 11 is 0. The van der Waals surface area contributed by atoms with Gasteiger partial charge in [0, 0.05) is 40.9 Å². The van der Waals surface area contributed by atoms with Crippen molar-refractivity contribution in [1.82, 2.24) is 0 Å². The molecule has 0 aliphatic carbocycles. The maximum absolute atomic E-state index is 2.49. The Kier molecular flexibility index (Phi) is 6.98. The third kappa shape index (κ3) is 4.99. The summed E-state index contributed by atoms with van der Waals surface area (Å²) in [6.45, 7) is 0.938. The molecular weight excluding hydrogens is 581 g/mol. The first-order chi connectivity index (χ1) is 23.8. The third-order valence-corrected chi connectivity index (χ3v) is 9.79. The van der Waals surface area contributed by atoms with Crippen molar-refractivity contribution in [3.8, 4) is 11.1 Å². The first-order valence-corrected chi connectivity index (χ1v) is 16.7. The number of benzene rings is 8. The van der Waals surface area contributed by atoms with Gasteiger partial charge >= 0.3 is 0 Å². The van der Waals surface area contributed by atoms with Crippen molar-refractivity contribution in [2.45, 2.75) is 5.92 Å². The Hall–Kier alpha value is -6.12. The van der Waals surface area contributed by atoms with Crippen LogP contribution < -0.4 is 9.80 Å². The molecule has 8 aromatic rings. The van der Waals surface area contributed by atoms with E-state index in [4.69, 9.17) is 0 Å². The van der Waals surface area contributed by atoms with Crippen molar-refractivity contribution in [3.05, 3.63) is 199 Å². The van der Waals surface area contributed by atoms with Gasteiger partial charge in [-0.05, 0) is 98.4 Å². The Morgan fingerprint density at radius 2 is 1.00 bits per heavy atom. The van der Waals surface area contributed by atoms with Gasteiger partial charge in [0.05, 0.1) is 0 Å². The van der Waals surface area contributed by atoms with Crippen LogP contribution in [0.1, 0.15) is 17.0 Å². The zero-order chi connectivity index (χ0) is 31.9. The van der Waals surface area contributed by atoms with Gasteiger partial charge in [-0.1, -0.05) is 133 Å². The second kappa shape index (κ2) is 11.9. The average molecular weight is 615 g/mol. The van der Waals surface area contributed by atoms with Crippen LogP contribution in [0.4, 0.5) is 28.4 Å². The number of nitrogens with zero attached hydrogens (tertiary/aromatic N) is 2. The van der Waals surface area contributed by atoms with Gasteiger partial charge in [0.25, 0.3) is 0 Å². The van der Waals surface area contributed by atoms with E-state index >= 15 is 0 Å². The topological polar surface area (TPSA) is 6.48 Å². The molecule has 0 saturated carbocycles. The molecule has 9 rings (SSSR count). The van der Waals surface area contributed by atoms with E-state index in [1.807, 2.05) is 0 Å². The van der Waals surface area contributed by atoms with Gasteiger partial charge in [0.1, 0.15) is 0 Å². The minimum atomic E-state index is 0.357. The van der Waals surface area contributed by atoms with E-state index in [0.29, 0.717) is 5.92 Å². The maximum atomic E-state index is 2.49. The fourth-order valence-corrected chi connectivity index (χ4v) is 7.43. The lowest BCUT2D eigenvalue weighted by atomic mass is 9.93. The van der Waals surface area contributed by atoms with E-state index in [-0.39, 0.29) is 0 Å². The Labute approximate surface area is 281 Å². The van der Waals surface area contributed by atoms with E-state index in [1.165, 1.54) is 55.2 Å². The summed E-state index contributed by atoms with van der Waals surface area (Å²) in [6, 6.07) is 68.2. The van der Waals surface area contributed by atoms with Crippen molar-refractivity contribution in [1.29, 1.82) is 0 Å². The number of anilines is 5. The minimum Gasteiger partial charge on any atom is -0.340 e. The van der Waals surface area contributed by atoms with Gasteiger partial charge in [-0.3, -0.25) is 0 Å². The molecule has 0 amide bonds. The van der Waals surface area contributed by atoms with Gasteiger partial charge in [0.2, 0.25) is 0 Å². The van der Waals surface area contributed by atoms with Crippen LogP contribution in [0.3, 0.4) is 0 Å². The third-order valence-electron chi connectivity index (χ3n) is 9.79. The molecule has 228 valence electrons. The molecule has 1 heterocycles. The fraction of sp³-hybridized carbons (Fsp3) is 0.0435. The lowest BCUT2D eigenvalue weighted by Crippen LogP contribution is -2.16. The Morgan fingerprint density at radius 1 is 0.438 bits per heavy atom. The first kappa shape index (κ1) is 28.1. The van der Waals surface area contributed by atoms with Crippen LogP contribution in [0.5, 0.6) is 0 Å². The van der Waals surface area contributed by atoms with Crippen molar-refractivity contribution in [3.63, 3.8) is 0 Å². The Bertz CT molecular complexity index is 2370. The molecular formula is C46H34N2. The highest BCUT2D eigenvalue weighted by Crippen LogP contribution is 2.45. The van der Waals surface area contributed by atoms with Gasteiger partial charge in [0.15, 0.2) is 0 Å². The molecule has 0 fully saturated rings. The monoisotopic (exact) mass is 614 g/mol. The molecule has 0 bridgehead atoms. The number of hydrogen-bond donors (Lipinski definition) is 0. The molecule has 2 nitrogen and oxygen atoms in total. The van der Waals surface area contributed by atoms with Crippen molar-refractivity contribution in [2.24, 2.45) is 0 Å². The summed E-state index contributed by atoms with van der Waals surface area (Å²) < 4.78 is 0. The maximum Gasteiger partial charge on any atom is 0.0468 e. The van der Waals surface area contributed by atoms with Crippen molar-refractivity contribution in [2.75, 3.05) is 16.3 Å². The van der Waals surface area contributed by atoms with E-state index in [2.05, 4.69) is 198 Å². The van der Waals surface area contributed by atoms with Gasteiger partial charge in [-0.25, -0.2) is 0 Å². The molecule has 1 atom stereocenters. The number of rotatable bonds is 6. The van der Waals surface area contributed by atoms with Crippen LogP contribution in [-0.4, -0.2) is 6.54 Å². The Balaban J connectivity index is 1.08. The van der Waals surface area contributed by atoms with E-state index in [9.17, 15) is 0 Å². The smallest absolute Gasteiger partial charge is 0.0468 e. The largest absolute Gasteiger partial charge is 0.340 e. The van der Waals surface area contributed by atoms with Crippen LogP contribution in [0.2, 0.25) is 0 Å². The van der Waals surface area contributed by atoms with Crippen molar-refractivity contribution >= 4 is 50.0 Å². The van der Waals surface area contributed by atoms with E-state index in [0.717, 1.165) is 23.6 Å². The van der Waals surface area contributed by atoms with Crippen molar-refractivity contribution < 1.29 is 0 Å². The minimum absolute atomic E-state index is 0.357. The van der Waals surface area contributed by atoms with Crippen LogP contribution >= 0.6 is 0 Å².